The number of thioether (sulfide) groups is 1. The minimum Gasteiger partial charge on any atom is -0.482 e. The van der Waals surface area contributed by atoms with E-state index >= 15 is 0 Å². The van der Waals surface area contributed by atoms with Crippen LogP contribution in [0.5, 0.6) is 5.75 Å². The van der Waals surface area contributed by atoms with Crippen molar-refractivity contribution in [2.75, 3.05) is 16.8 Å². The molecule has 1 aliphatic rings. The van der Waals surface area contributed by atoms with Crippen molar-refractivity contribution in [1.29, 1.82) is 0 Å². The van der Waals surface area contributed by atoms with Crippen LogP contribution in [0.1, 0.15) is 5.56 Å². The molecule has 1 aliphatic heterocycles. The number of rotatable bonds is 6. The highest BCUT2D eigenvalue weighted by Gasteiger charge is 2.36. The van der Waals surface area contributed by atoms with E-state index in [0.717, 1.165) is 16.7 Å². The molecular weight excluding hydrogens is 483 g/mol. The van der Waals surface area contributed by atoms with Gasteiger partial charge >= 0.3 is 0 Å². The lowest BCUT2D eigenvalue weighted by atomic mass is 10.2. The maximum absolute atomic E-state index is 12.8. The molecule has 1 heterocycles. The number of nitrogens with one attached hydrogen (secondary N) is 1. The first kappa shape index (κ1) is 22.9. The van der Waals surface area contributed by atoms with Crippen molar-refractivity contribution in [3.05, 3.63) is 93.3 Å². The third-order valence-electron chi connectivity index (χ3n) is 4.53. The number of ether oxygens (including phenoxy) is 1. The summed E-state index contributed by atoms with van der Waals surface area (Å²) in [5.74, 6) is -0.443. The highest BCUT2D eigenvalue weighted by molar-refractivity contribution is 8.19. The zero-order valence-electron chi connectivity index (χ0n) is 17.0. The molecule has 1 saturated heterocycles. The Hall–Kier alpha value is -3.26. The second-order valence-electron chi connectivity index (χ2n) is 6.89. The predicted octanol–water partition coefficient (Wildman–Crippen LogP) is 6.25. The molecule has 3 aromatic carbocycles. The topological polar surface area (TPSA) is 75.7 Å². The number of hydrogen-bond donors (Lipinski definition) is 1. The van der Waals surface area contributed by atoms with E-state index in [9.17, 15) is 14.4 Å². The van der Waals surface area contributed by atoms with Gasteiger partial charge in [0.1, 0.15) is 5.75 Å². The van der Waals surface area contributed by atoms with Gasteiger partial charge in [0, 0.05) is 10.7 Å². The summed E-state index contributed by atoms with van der Waals surface area (Å²) in [5, 5.41) is 3.00. The van der Waals surface area contributed by atoms with Gasteiger partial charge in [0.15, 0.2) is 6.61 Å². The van der Waals surface area contributed by atoms with Gasteiger partial charge in [-0.25, -0.2) is 4.90 Å². The van der Waals surface area contributed by atoms with Gasteiger partial charge in [0.25, 0.3) is 17.1 Å². The Labute approximate surface area is 204 Å². The van der Waals surface area contributed by atoms with Crippen LogP contribution in [0.25, 0.3) is 6.08 Å². The van der Waals surface area contributed by atoms with Gasteiger partial charge in [-0.2, -0.15) is 0 Å². The third kappa shape index (κ3) is 5.57. The maximum atomic E-state index is 12.8. The Balaban J connectivity index is 1.43. The summed E-state index contributed by atoms with van der Waals surface area (Å²) in [6.45, 7) is -0.216. The largest absolute Gasteiger partial charge is 0.482 e. The standard InChI is InChI=1S/C24H16Cl2N2O4S/c25-16-5-4-8-18(13-16)28-23(30)21(33-24(28)31)12-15-9-10-20(19(26)11-15)32-14-22(29)27-17-6-2-1-3-7-17/h1-13H,14H2,(H,27,29)/b21-12+. The van der Waals surface area contributed by atoms with Crippen molar-refractivity contribution in [2.24, 2.45) is 0 Å². The number of para-hydroxylation sites is 1. The Morgan fingerprint density at radius 3 is 2.52 bits per heavy atom. The molecule has 6 nitrogen and oxygen atoms in total. The summed E-state index contributed by atoms with van der Waals surface area (Å²) < 4.78 is 5.51. The molecule has 9 heteroatoms. The van der Waals surface area contributed by atoms with Crippen molar-refractivity contribution in [2.45, 2.75) is 0 Å². The molecule has 166 valence electrons. The van der Waals surface area contributed by atoms with Gasteiger partial charge in [-0.15, -0.1) is 0 Å². The van der Waals surface area contributed by atoms with E-state index < -0.39 is 11.1 Å². The SMILES string of the molecule is O=C(COc1ccc(/C=C2/SC(=O)N(c3cccc(Cl)c3)C2=O)cc1Cl)Nc1ccccc1. The Kier molecular flexibility index (Phi) is 7.03. The van der Waals surface area contributed by atoms with Gasteiger partial charge in [0.2, 0.25) is 0 Å². The molecule has 1 fully saturated rings. The molecule has 1 N–H and O–H groups in total. The lowest BCUT2D eigenvalue weighted by Crippen LogP contribution is -2.27. The van der Waals surface area contributed by atoms with E-state index in [1.165, 1.54) is 0 Å². The molecule has 0 atom stereocenters. The van der Waals surface area contributed by atoms with E-state index in [1.807, 2.05) is 18.2 Å². The van der Waals surface area contributed by atoms with Crippen molar-refractivity contribution < 1.29 is 19.1 Å². The van der Waals surface area contributed by atoms with E-state index in [0.29, 0.717) is 27.7 Å². The number of halogens is 2. The molecule has 0 radical (unpaired) electrons. The van der Waals surface area contributed by atoms with Crippen LogP contribution in [-0.4, -0.2) is 23.7 Å². The number of carbonyl (C=O) groups is 3. The van der Waals surface area contributed by atoms with Gasteiger partial charge in [-0.05, 0) is 65.9 Å². The number of imide groups is 1. The summed E-state index contributed by atoms with van der Waals surface area (Å²) in [6, 6.07) is 20.4. The molecule has 3 aromatic rings. The highest BCUT2D eigenvalue weighted by Crippen LogP contribution is 2.37. The molecule has 3 amide bonds. The van der Waals surface area contributed by atoms with Crippen LogP contribution in [0.2, 0.25) is 10.0 Å². The average Bonchev–Trinajstić information content (AvgIpc) is 3.06. The van der Waals surface area contributed by atoms with Crippen LogP contribution in [0, 0.1) is 0 Å². The monoisotopic (exact) mass is 498 g/mol. The van der Waals surface area contributed by atoms with E-state index in [4.69, 9.17) is 27.9 Å². The zero-order valence-corrected chi connectivity index (χ0v) is 19.3. The number of benzene rings is 3. The molecule has 0 spiro atoms. The number of amides is 3. The summed E-state index contributed by atoms with van der Waals surface area (Å²) >= 11 is 13.1. The van der Waals surface area contributed by atoms with Crippen LogP contribution < -0.4 is 15.0 Å². The van der Waals surface area contributed by atoms with Gasteiger partial charge in [-0.3, -0.25) is 14.4 Å². The second kappa shape index (κ2) is 10.1. The number of carbonyl (C=O) groups excluding carboxylic acids is 3. The minimum absolute atomic E-state index is 0.216. The summed E-state index contributed by atoms with van der Waals surface area (Å²) in [5.41, 5.74) is 1.68. The van der Waals surface area contributed by atoms with Crippen LogP contribution in [0.15, 0.2) is 77.7 Å². The molecule has 33 heavy (non-hydrogen) atoms. The van der Waals surface area contributed by atoms with E-state index in [2.05, 4.69) is 5.32 Å². The van der Waals surface area contributed by atoms with Crippen molar-refractivity contribution in [3.63, 3.8) is 0 Å². The molecule has 0 saturated carbocycles. The minimum atomic E-state index is -0.443. The Morgan fingerprint density at radius 2 is 1.79 bits per heavy atom. The van der Waals surface area contributed by atoms with Crippen molar-refractivity contribution in [3.8, 4) is 5.75 Å². The number of anilines is 2. The quantitative estimate of drug-likeness (QED) is 0.406. The fraction of sp³-hybridized carbons (Fsp3) is 0.0417. The molecule has 0 aliphatic carbocycles. The van der Waals surface area contributed by atoms with E-state index in [1.54, 1.807) is 60.7 Å². The van der Waals surface area contributed by atoms with Crippen LogP contribution >= 0.6 is 35.0 Å². The highest BCUT2D eigenvalue weighted by atomic mass is 35.5. The Morgan fingerprint density at radius 1 is 1.00 bits per heavy atom. The van der Waals surface area contributed by atoms with Crippen LogP contribution in [-0.2, 0) is 9.59 Å². The van der Waals surface area contributed by atoms with Crippen molar-refractivity contribution in [1.82, 2.24) is 0 Å². The smallest absolute Gasteiger partial charge is 0.298 e. The van der Waals surface area contributed by atoms with Gasteiger partial charge < -0.3 is 10.1 Å². The first-order chi connectivity index (χ1) is 15.9. The van der Waals surface area contributed by atoms with Gasteiger partial charge in [-0.1, -0.05) is 53.5 Å². The predicted molar refractivity (Wildman–Crippen MR) is 132 cm³/mol. The second-order valence-corrected chi connectivity index (χ2v) is 8.73. The normalized spacial score (nSPS) is 14.6. The molecule has 0 unspecified atom stereocenters. The zero-order chi connectivity index (χ0) is 23.4. The fourth-order valence-corrected chi connectivity index (χ4v) is 4.31. The first-order valence-corrected chi connectivity index (χ1v) is 11.3. The fourth-order valence-electron chi connectivity index (χ4n) is 3.04. The molecular formula is C24H16Cl2N2O4S. The Bertz CT molecular complexity index is 1260. The van der Waals surface area contributed by atoms with Crippen LogP contribution in [0.4, 0.5) is 16.2 Å². The summed E-state index contributed by atoms with van der Waals surface area (Å²) in [7, 11) is 0. The molecule has 0 aromatic heterocycles. The number of hydrogen-bond acceptors (Lipinski definition) is 5. The lowest BCUT2D eigenvalue weighted by Gasteiger charge is -2.12. The average molecular weight is 499 g/mol. The molecule has 0 bridgehead atoms. The van der Waals surface area contributed by atoms with E-state index in [-0.39, 0.29) is 22.4 Å². The summed E-state index contributed by atoms with van der Waals surface area (Å²) in [4.78, 5) is 38.6. The maximum Gasteiger partial charge on any atom is 0.298 e. The first-order valence-electron chi connectivity index (χ1n) is 9.71. The summed E-state index contributed by atoms with van der Waals surface area (Å²) in [6.07, 6.45) is 1.58. The van der Waals surface area contributed by atoms with Gasteiger partial charge in [0.05, 0.1) is 15.6 Å². The molecule has 4 rings (SSSR count). The number of nitrogens with zero attached hydrogens (tertiary/aromatic N) is 1. The lowest BCUT2D eigenvalue weighted by molar-refractivity contribution is -0.118. The van der Waals surface area contributed by atoms with Crippen molar-refractivity contribution >= 4 is 69.5 Å². The van der Waals surface area contributed by atoms with Crippen LogP contribution in [0.3, 0.4) is 0 Å². The third-order valence-corrected chi connectivity index (χ3v) is 5.93.